The number of aromatic nitrogens is 2. The molecule has 0 aliphatic carbocycles. The molecule has 0 N–H and O–H groups in total. The van der Waals surface area contributed by atoms with Crippen molar-refractivity contribution in [2.45, 2.75) is 31.7 Å². The molecule has 2 rings (SSSR count). The Kier molecular flexibility index (Phi) is 5.21. The van der Waals surface area contributed by atoms with Crippen LogP contribution in [-0.2, 0) is 21.4 Å². The number of carbonyl (C=O) groups is 2. The standard InChI is InChI=1S/C16H21N3O3/c1-4-5-6-9-22-16(21)13-7-8-14(20)19(3)15(13)12-10-17-18(2)11-12/h1,10-11,13,15H,5-9H2,2-3H3/t13-,15-/m1/s1. The number of nitrogens with zero attached hydrogens (tertiary/aromatic N) is 3. The van der Waals surface area contributed by atoms with E-state index in [1.165, 1.54) is 0 Å². The Bertz CT molecular complexity index is 588. The van der Waals surface area contributed by atoms with Gasteiger partial charge in [0.25, 0.3) is 0 Å². The number of esters is 1. The van der Waals surface area contributed by atoms with Gasteiger partial charge in [-0.3, -0.25) is 14.3 Å². The topological polar surface area (TPSA) is 64.4 Å². The van der Waals surface area contributed by atoms with Crippen molar-refractivity contribution in [2.75, 3.05) is 13.7 Å². The van der Waals surface area contributed by atoms with Crippen molar-refractivity contribution in [3.63, 3.8) is 0 Å². The van der Waals surface area contributed by atoms with Crippen molar-refractivity contribution < 1.29 is 14.3 Å². The van der Waals surface area contributed by atoms with Crippen LogP contribution in [0.4, 0.5) is 0 Å². The maximum atomic E-state index is 12.4. The first-order chi connectivity index (χ1) is 10.5. The van der Waals surface area contributed by atoms with Gasteiger partial charge in [0.15, 0.2) is 0 Å². The first-order valence-electron chi connectivity index (χ1n) is 7.39. The van der Waals surface area contributed by atoms with Gasteiger partial charge >= 0.3 is 5.97 Å². The molecule has 0 aromatic carbocycles. The zero-order chi connectivity index (χ0) is 16.1. The van der Waals surface area contributed by atoms with E-state index in [0.717, 1.165) is 5.56 Å². The molecule has 6 nitrogen and oxygen atoms in total. The minimum absolute atomic E-state index is 0.0326. The highest BCUT2D eigenvalue weighted by Gasteiger charge is 2.40. The number of likely N-dealkylation sites (tertiary alicyclic amines) is 1. The monoisotopic (exact) mass is 303 g/mol. The highest BCUT2D eigenvalue weighted by Crippen LogP contribution is 2.36. The maximum absolute atomic E-state index is 12.4. The first kappa shape index (κ1) is 16.1. The smallest absolute Gasteiger partial charge is 0.311 e. The lowest BCUT2D eigenvalue weighted by molar-refractivity contribution is -0.156. The van der Waals surface area contributed by atoms with Crippen molar-refractivity contribution in [1.82, 2.24) is 14.7 Å². The molecule has 1 aliphatic rings. The molecule has 1 aromatic heterocycles. The van der Waals surface area contributed by atoms with E-state index in [0.29, 0.717) is 32.3 Å². The summed E-state index contributed by atoms with van der Waals surface area (Å²) < 4.78 is 6.99. The molecule has 2 atom stereocenters. The first-order valence-corrected chi connectivity index (χ1v) is 7.39. The second-order valence-corrected chi connectivity index (χ2v) is 5.52. The zero-order valence-corrected chi connectivity index (χ0v) is 13.0. The lowest BCUT2D eigenvalue weighted by Crippen LogP contribution is -2.43. The SMILES string of the molecule is C#CCCCOC(=O)[C@@H]1CCC(=O)N(C)[C@@H]1c1cnn(C)c1. The van der Waals surface area contributed by atoms with Crippen LogP contribution in [-0.4, -0.2) is 40.2 Å². The van der Waals surface area contributed by atoms with Crippen LogP contribution in [0.5, 0.6) is 0 Å². The summed E-state index contributed by atoms with van der Waals surface area (Å²) in [6.45, 7) is 0.316. The van der Waals surface area contributed by atoms with Crippen LogP contribution in [0.2, 0.25) is 0 Å². The fourth-order valence-electron chi connectivity index (χ4n) is 2.79. The number of hydrogen-bond donors (Lipinski definition) is 0. The van der Waals surface area contributed by atoms with E-state index in [9.17, 15) is 9.59 Å². The molecular weight excluding hydrogens is 282 g/mol. The summed E-state index contributed by atoms with van der Waals surface area (Å²) in [4.78, 5) is 26.0. The Hall–Kier alpha value is -2.29. The average Bonchev–Trinajstić information content (AvgIpc) is 2.92. The van der Waals surface area contributed by atoms with E-state index in [4.69, 9.17) is 11.2 Å². The van der Waals surface area contributed by atoms with Crippen molar-refractivity contribution in [3.8, 4) is 12.3 Å². The van der Waals surface area contributed by atoms with Gasteiger partial charge in [-0.25, -0.2) is 0 Å². The van der Waals surface area contributed by atoms with Crippen LogP contribution >= 0.6 is 0 Å². The Balaban J connectivity index is 2.11. The largest absolute Gasteiger partial charge is 0.465 e. The highest BCUT2D eigenvalue weighted by atomic mass is 16.5. The molecule has 0 bridgehead atoms. The fraction of sp³-hybridized carbons (Fsp3) is 0.562. The van der Waals surface area contributed by atoms with E-state index in [1.54, 1.807) is 29.9 Å². The molecule has 118 valence electrons. The Labute approximate surface area is 130 Å². The third-order valence-corrected chi connectivity index (χ3v) is 3.94. The van der Waals surface area contributed by atoms with Crippen molar-refractivity contribution in [3.05, 3.63) is 18.0 Å². The van der Waals surface area contributed by atoms with Gasteiger partial charge in [0, 0.05) is 38.7 Å². The Morgan fingerprint density at radius 1 is 1.55 bits per heavy atom. The van der Waals surface area contributed by atoms with Crippen LogP contribution < -0.4 is 0 Å². The van der Waals surface area contributed by atoms with Crippen molar-refractivity contribution >= 4 is 11.9 Å². The van der Waals surface area contributed by atoms with E-state index in [-0.39, 0.29) is 23.8 Å². The summed E-state index contributed by atoms with van der Waals surface area (Å²) in [6.07, 6.45) is 10.8. The minimum atomic E-state index is -0.363. The third kappa shape index (κ3) is 3.48. The number of rotatable bonds is 5. The Morgan fingerprint density at radius 3 is 2.95 bits per heavy atom. The molecule has 0 saturated carbocycles. The van der Waals surface area contributed by atoms with E-state index < -0.39 is 0 Å². The second-order valence-electron chi connectivity index (χ2n) is 5.52. The number of amides is 1. The van der Waals surface area contributed by atoms with Gasteiger partial charge in [-0.15, -0.1) is 12.3 Å². The highest BCUT2D eigenvalue weighted by molar-refractivity contribution is 5.82. The fourth-order valence-corrected chi connectivity index (χ4v) is 2.79. The summed E-state index contributed by atoms with van der Waals surface area (Å²) in [5.41, 5.74) is 0.851. The molecule has 1 amide bonds. The lowest BCUT2D eigenvalue weighted by atomic mass is 9.86. The molecule has 0 radical (unpaired) electrons. The molecule has 1 saturated heterocycles. The van der Waals surface area contributed by atoms with Gasteiger partial charge in [0.1, 0.15) is 0 Å². The van der Waals surface area contributed by atoms with E-state index in [2.05, 4.69) is 11.0 Å². The maximum Gasteiger partial charge on any atom is 0.311 e. The van der Waals surface area contributed by atoms with Gasteiger partial charge in [0.2, 0.25) is 5.91 Å². The van der Waals surface area contributed by atoms with Crippen LogP contribution in [0.15, 0.2) is 12.4 Å². The summed E-state index contributed by atoms with van der Waals surface area (Å²) in [7, 11) is 3.53. The van der Waals surface area contributed by atoms with E-state index >= 15 is 0 Å². The van der Waals surface area contributed by atoms with Gasteiger partial charge in [-0.05, 0) is 12.8 Å². The number of piperidine rings is 1. The molecule has 1 fully saturated rings. The number of unbranched alkanes of at least 4 members (excludes halogenated alkanes) is 1. The van der Waals surface area contributed by atoms with Gasteiger partial charge < -0.3 is 9.64 Å². The molecule has 1 aromatic rings. The molecule has 1 aliphatic heterocycles. The summed E-state index contributed by atoms with van der Waals surface area (Å²) >= 11 is 0. The summed E-state index contributed by atoms with van der Waals surface area (Å²) in [6, 6.07) is -0.324. The Morgan fingerprint density at radius 2 is 2.32 bits per heavy atom. The van der Waals surface area contributed by atoms with Gasteiger partial charge in [-0.1, -0.05) is 0 Å². The number of ether oxygens (including phenoxy) is 1. The molecule has 0 spiro atoms. The molecular formula is C16H21N3O3. The molecule has 22 heavy (non-hydrogen) atoms. The number of carbonyl (C=O) groups excluding carboxylic acids is 2. The average molecular weight is 303 g/mol. The van der Waals surface area contributed by atoms with Gasteiger partial charge in [0.05, 0.1) is 24.8 Å². The zero-order valence-electron chi connectivity index (χ0n) is 13.0. The number of hydrogen-bond acceptors (Lipinski definition) is 4. The predicted octanol–water partition coefficient (Wildman–Crippen LogP) is 1.29. The lowest BCUT2D eigenvalue weighted by Gasteiger charge is -2.37. The van der Waals surface area contributed by atoms with E-state index in [1.807, 2.05) is 6.20 Å². The van der Waals surface area contributed by atoms with Crippen LogP contribution in [0.25, 0.3) is 0 Å². The van der Waals surface area contributed by atoms with Crippen LogP contribution in [0.1, 0.15) is 37.3 Å². The van der Waals surface area contributed by atoms with Crippen LogP contribution in [0.3, 0.4) is 0 Å². The summed E-state index contributed by atoms with van der Waals surface area (Å²) in [5.74, 6) is 1.91. The minimum Gasteiger partial charge on any atom is -0.465 e. The number of aryl methyl sites for hydroxylation is 1. The quantitative estimate of drug-likeness (QED) is 0.467. The van der Waals surface area contributed by atoms with Crippen molar-refractivity contribution in [2.24, 2.45) is 13.0 Å². The number of terminal acetylenes is 1. The second kappa shape index (κ2) is 7.12. The molecule has 6 heteroatoms. The van der Waals surface area contributed by atoms with Crippen LogP contribution in [0, 0.1) is 18.3 Å². The molecule has 2 heterocycles. The van der Waals surface area contributed by atoms with Gasteiger partial charge in [-0.2, -0.15) is 5.10 Å². The van der Waals surface area contributed by atoms with Crippen molar-refractivity contribution in [1.29, 1.82) is 0 Å². The molecule has 0 unspecified atom stereocenters. The third-order valence-electron chi connectivity index (χ3n) is 3.94. The predicted molar refractivity (Wildman–Crippen MR) is 80.5 cm³/mol. The normalized spacial score (nSPS) is 21.5. The summed E-state index contributed by atoms with van der Waals surface area (Å²) in [5, 5.41) is 4.14.